The second kappa shape index (κ2) is 12.0. The third-order valence-electron chi connectivity index (χ3n) is 8.09. The van der Waals surface area contributed by atoms with Crippen LogP contribution >= 0.6 is 0 Å². The quantitative estimate of drug-likeness (QED) is 0.450. The molecule has 2 atom stereocenters. The van der Waals surface area contributed by atoms with Crippen molar-refractivity contribution in [3.8, 4) is 5.75 Å². The van der Waals surface area contributed by atoms with Gasteiger partial charge < -0.3 is 18.3 Å². The predicted molar refractivity (Wildman–Crippen MR) is 145 cm³/mol. The molecule has 0 spiro atoms. The molecule has 3 heterocycles. The van der Waals surface area contributed by atoms with E-state index in [4.69, 9.17) is 13.4 Å². The number of piperidine rings is 1. The molecule has 214 valence electrons. The van der Waals surface area contributed by atoms with E-state index in [1.54, 1.807) is 19.9 Å². The van der Waals surface area contributed by atoms with Crippen LogP contribution in [0.15, 0.2) is 27.6 Å². The van der Waals surface area contributed by atoms with E-state index in [1.807, 2.05) is 17.0 Å². The Kier molecular flexibility index (Phi) is 8.60. The van der Waals surface area contributed by atoms with Crippen LogP contribution < -0.4 is 4.18 Å². The van der Waals surface area contributed by atoms with E-state index in [-0.39, 0.29) is 40.1 Å². The van der Waals surface area contributed by atoms with E-state index in [0.717, 1.165) is 63.6 Å². The maximum absolute atomic E-state index is 13.6. The van der Waals surface area contributed by atoms with E-state index in [0.29, 0.717) is 26.3 Å². The maximum atomic E-state index is 13.6. The van der Waals surface area contributed by atoms with Gasteiger partial charge in [-0.1, -0.05) is 18.1 Å². The summed E-state index contributed by atoms with van der Waals surface area (Å²) in [6.45, 7) is 9.61. The molecular formula is C28H40N4O6S. The number of fused-ring (bicyclic) bond motifs is 1. The number of carbonyl (C=O) groups excluding carboxylic acids is 1. The second-order valence-corrected chi connectivity index (χ2v) is 12.3. The minimum absolute atomic E-state index is 0.0201. The molecule has 1 aliphatic carbocycles. The van der Waals surface area contributed by atoms with Crippen LogP contribution in [0.5, 0.6) is 5.75 Å². The normalized spacial score (nSPS) is 22.6. The van der Waals surface area contributed by atoms with Crippen molar-refractivity contribution in [2.75, 3.05) is 39.4 Å². The molecule has 0 bridgehead atoms. The number of benzene rings is 1. The van der Waals surface area contributed by atoms with Crippen LogP contribution in [0.25, 0.3) is 0 Å². The van der Waals surface area contributed by atoms with Gasteiger partial charge in [0.2, 0.25) is 5.91 Å². The van der Waals surface area contributed by atoms with Gasteiger partial charge in [0.25, 0.3) is 0 Å². The van der Waals surface area contributed by atoms with Gasteiger partial charge in [-0.05, 0) is 82.1 Å². The molecule has 2 fully saturated rings. The van der Waals surface area contributed by atoms with Crippen LogP contribution in [-0.4, -0.2) is 85.9 Å². The lowest BCUT2D eigenvalue weighted by Crippen LogP contribution is -2.61. The van der Waals surface area contributed by atoms with Crippen molar-refractivity contribution < 1.29 is 26.7 Å². The number of morpholine rings is 1. The number of amides is 1. The smallest absolute Gasteiger partial charge is 0.344 e. The van der Waals surface area contributed by atoms with E-state index < -0.39 is 10.1 Å². The lowest BCUT2D eigenvalue weighted by molar-refractivity contribution is -0.160. The van der Waals surface area contributed by atoms with Crippen LogP contribution in [0.2, 0.25) is 0 Å². The molecular weight excluding hydrogens is 520 g/mol. The molecule has 3 aliphatic rings. The highest BCUT2D eigenvalue weighted by atomic mass is 32.2. The fraction of sp³-hybridized carbons (Fsp3) is 0.643. The molecule has 2 aliphatic heterocycles. The Morgan fingerprint density at radius 2 is 1.92 bits per heavy atom. The van der Waals surface area contributed by atoms with E-state index >= 15 is 0 Å². The topological polar surface area (TPSA) is 105 Å². The molecule has 1 aromatic carbocycles. The standard InChI is InChI=1S/C28H40N4O6S/c1-4-12-31(32-13-6-5-7-26(32)28(33)30-14-16-36-17-15-30)24-10-8-22-9-11-25(19-23(22)18-24)38-39(34,35)27-20(2)29-37-21(27)3/h9,11,19,24,26H,4-8,10,12-18H2,1-3H3. The van der Waals surface area contributed by atoms with Crippen LogP contribution in [0.4, 0.5) is 0 Å². The van der Waals surface area contributed by atoms with Crippen LogP contribution in [0, 0.1) is 13.8 Å². The summed E-state index contributed by atoms with van der Waals surface area (Å²) < 4.78 is 42.0. The monoisotopic (exact) mass is 560 g/mol. The molecule has 0 N–H and O–H groups in total. The summed E-state index contributed by atoms with van der Waals surface area (Å²) >= 11 is 0. The van der Waals surface area contributed by atoms with Crippen molar-refractivity contribution in [3.63, 3.8) is 0 Å². The summed E-state index contributed by atoms with van der Waals surface area (Å²) in [7, 11) is -4.07. The molecule has 1 aromatic heterocycles. The Hall–Kier alpha value is -2.47. The first-order valence-electron chi connectivity index (χ1n) is 14.2. The Morgan fingerprint density at radius 3 is 2.64 bits per heavy atom. The lowest BCUT2D eigenvalue weighted by atomic mass is 9.87. The number of rotatable bonds is 8. The van der Waals surface area contributed by atoms with Crippen molar-refractivity contribution in [1.82, 2.24) is 20.1 Å². The zero-order valence-electron chi connectivity index (χ0n) is 23.2. The first-order chi connectivity index (χ1) is 18.8. The first kappa shape index (κ1) is 28.1. The molecule has 2 unspecified atom stereocenters. The number of nitrogens with zero attached hydrogens (tertiary/aromatic N) is 4. The van der Waals surface area contributed by atoms with Crippen molar-refractivity contribution >= 4 is 16.0 Å². The fourth-order valence-corrected chi connectivity index (χ4v) is 7.47. The van der Waals surface area contributed by atoms with Crippen molar-refractivity contribution in [3.05, 3.63) is 40.8 Å². The molecule has 10 nitrogen and oxygen atoms in total. The highest BCUT2D eigenvalue weighted by Gasteiger charge is 2.38. The van der Waals surface area contributed by atoms with Gasteiger partial charge in [-0.3, -0.25) is 4.79 Å². The van der Waals surface area contributed by atoms with Gasteiger partial charge in [-0.15, -0.1) is 0 Å². The average Bonchev–Trinajstić information content (AvgIpc) is 3.29. The largest absolute Gasteiger partial charge is 0.379 e. The number of aromatic nitrogens is 1. The molecule has 5 rings (SSSR count). The fourth-order valence-electron chi connectivity index (χ4n) is 6.24. The maximum Gasteiger partial charge on any atom is 0.344 e. The minimum atomic E-state index is -4.07. The summed E-state index contributed by atoms with van der Waals surface area (Å²) in [6.07, 6.45) is 6.65. The third kappa shape index (κ3) is 6.01. The number of aryl methyl sites for hydroxylation is 3. The summed E-state index contributed by atoms with van der Waals surface area (Å²) in [5.41, 5.74) is 2.58. The highest BCUT2D eigenvalue weighted by molar-refractivity contribution is 7.87. The molecule has 11 heteroatoms. The Balaban J connectivity index is 1.35. The number of hydrogen-bond donors (Lipinski definition) is 0. The van der Waals surface area contributed by atoms with E-state index in [2.05, 4.69) is 22.1 Å². The molecule has 0 saturated carbocycles. The predicted octanol–water partition coefficient (Wildman–Crippen LogP) is 3.26. The van der Waals surface area contributed by atoms with Crippen molar-refractivity contribution in [2.45, 2.75) is 82.7 Å². The third-order valence-corrected chi connectivity index (χ3v) is 9.59. The SMILES string of the molecule is CCCN(C1CCc2ccc(OS(=O)(=O)c3c(C)noc3C)cc2C1)N1CCCCC1C(=O)N1CCOCC1. The number of hydrazine groups is 1. The van der Waals surface area contributed by atoms with Crippen molar-refractivity contribution in [1.29, 1.82) is 0 Å². The summed E-state index contributed by atoms with van der Waals surface area (Å²) in [5.74, 6) is 0.716. The van der Waals surface area contributed by atoms with Crippen LogP contribution in [-0.2, 0) is 32.5 Å². The van der Waals surface area contributed by atoms with Gasteiger partial charge in [-0.25, -0.2) is 10.0 Å². The first-order valence-corrected chi connectivity index (χ1v) is 15.6. The molecule has 2 saturated heterocycles. The van der Waals surface area contributed by atoms with Crippen LogP contribution in [0.3, 0.4) is 0 Å². The Labute approximate surface area is 231 Å². The van der Waals surface area contributed by atoms with Gasteiger partial charge in [0.15, 0.2) is 10.7 Å². The van der Waals surface area contributed by atoms with Gasteiger partial charge in [0.05, 0.1) is 13.2 Å². The zero-order valence-corrected chi connectivity index (χ0v) is 24.0. The minimum Gasteiger partial charge on any atom is -0.379 e. The lowest BCUT2D eigenvalue weighted by Gasteiger charge is -2.48. The van der Waals surface area contributed by atoms with Gasteiger partial charge >= 0.3 is 10.1 Å². The number of ether oxygens (including phenoxy) is 1. The zero-order chi connectivity index (χ0) is 27.6. The highest BCUT2D eigenvalue weighted by Crippen LogP contribution is 2.33. The molecule has 2 aromatic rings. The molecule has 39 heavy (non-hydrogen) atoms. The van der Waals surface area contributed by atoms with Gasteiger partial charge in [0.1, 0.15) is 17.5 Å². The molecule has 1 amide bonds. The summed E-state index contributed by atoms with van der Waals surface area (Å²) in [6, 6.07) is 5.64. The van der Waals surface area contributed by atoms with Crippen LogP contribution in [0.1, 0.15) is 61.6 Å². The molecule has 0 radical (unpaired) electrons. The van der Waals surface area contributed by atoms with E-state index in [1.165, 1.54) is 5.56 Å². The Bertz CT molecular complexity index is 1250. The Morgan fingerprint density at radius 1 is 1.13 bits per heavy atom. The summed E-state index contributed by atoms with van der Waals surface area (Å²) in [5, 5.41) is 8.55. The number of carbonyl (C=O) groups is 1. The van der Waals surface area contributed by atoms with Crippen molar-refractivity contribution in [2.24, 2.45) is 0 Å². The second-order valence-electron chi connectivity index (χ2n) is 10.8. The van der Waals surface area contributed by atoms with E-state index in [9.17, 15) is 13.2 Å². The van der Waals surface area contributed by atoms with Gasteiger partial charge in [0, 0.05) is 32.2 Å². The average molecular weight is 561 g/mol. The number of hydrogen-bond acceptors (Lipinski definition) is 9. The summed E-state index contributed by atoms with van der Waals surface area (Å²) in [4.78, 5) is 15.5. The van der Waals surface area contributed by atoms with Gasteiger partial charge in [-0.2, -0.15) is 8.42 Å².